The molecule has 5 nitrogen and oxygen atoms in total. The predicted octanol–water partition coefficient (Wildman–Crippen LogP) is 4.24. The molecule has 29 heavy (non-hydrogen) atoms. The molecule has 1 aliphatic rings. The number of thiophene rings is 1. The molecule has 0 aliphatic carbocycles. The number of hydrogen-bond donors (Lipinski definition) is 1. The van der Waals surface area contributed by atoms with E-state index in [1.165, 1.54) is 16.9 Å². The van der Waals surface area contributed by atoms with Crippen LogP contribution in [0.1, 0.15) is 59.2 Å². The number of nitrogens with one attached hydrogen (secondary N) is 1. The van der Waals surface area contributed by atoms with Gasteiger partial charge in [0, 0.05) is 19.0 Å². The van der Waals surface area contributed by atoms with E-state index in [9.17, 15) is 9.59 Å². The molecule has 0 spiro atoms. The van der Waals surface area contributed by atoms with E-state index in [0.29, 0.717) is 15.1 Å². The van der Waals surface area contributed by atoms with Crippen molar-refractivity contribution >= 4 is 27.5 Å². The molecule has 0 bridgehead atoms. The molecule has 0 unspecified atom stereocenters. The minimum absolute atomic E-state index is 0.0110. The number of aromatic nitrogens is 2. The third kappa shape index (κ3) is 4.13. The average Bonchev–Trinajstić information content (AvgIpc) is 2.88. The third-order valence-corrected chi connectivity index (χ3v) is 6.89. The fraction of sp³-hybridized carbons (Fsp3) is 0.435. The molecule has 1 amide bonds. The second kappa shape index (κ2) is 8.49. The zero-order valence-corrected chi connectivity index (χ0v) is 17.8. The number of aryl methyl sites for hydroxylation is 3. The van der Waals surface area contributed by atoms with Gasteiger partial charge in [0.2, 0.25) is 0 Å². The van der Waals surface area contributed by atoms with Crippen molar-refractivity contribution in [1.82, 2.24) is 14.9 Å². The van der Waals surface area contributed by atoms with Crippen molar-refractivity contribution in [2.75, 3.05) is 0 Å². The summed E-state index contributed by atoms with van der Waals surface area (Å²) in [5.41, 5.74) is 2.04. The first kappa shape index (κ1) is 19.8. The highest BCUT2D eigenvalue weighted by Crippen LogP contribution is 2.28. The first-order valence-corrected chi connectivity index (χ1v) is 11.2. The lowest BCUT2D eigenvalue weighted by Crippen LogP contribution is -2.32. The maximum absolute atomic E-state index is 13.1. The normalized spacial score (nSPS) is 15.0. The summed E-state index contributed by atoms with van der Waals surface area (Å²) in [5.74, 6) is 0.759. The van der Waals surface area contributed by atoms with E-state index in [0.717, 1.165) is 56.5 Å². The zero-order valence-electron chi connectivity index (χ0n) is 17.0. The van der Waals surface area contributed by atoms with Crippen LogP contribution < -0.4 is 10.9 Å². The van der Waals surface area contributed by atoms with Crippen molar-refractivity contribution < 1.29 is 4.79 Å². The van der Waals surface area contributed by atoms with Gasteiger partial charge in [0.1, 0.15) is 10.7 Å². The molecule has 1 aliphatic heterocycles. The van der Waals surface area contributed by atoms with Crippen LogP contribution >= 0.6 is 11.3 Å². The molecule has 1 N–H and O–H groups in total. The van der Waals surface area contributed by atoms with E-state index < -0.39 is 0 Å². The first-order valence-electron chi connectivity index (χ1n) is 10.4. The number of carbonyl (C=O) groups excluding carboxylic acids is 1. The Bertz CT molecular complexity index is 1080. The van der Waals surface area contributed by atoms with E-state index in [1.54, 1.807) is 0 Å². The molecule has 3 heterocycles. The van der Waals surface area contributed by atoms with Crippen LogP contribution in [0, 0.1) is 6.92 Å². The van der Waals surface area contributed by atoms with Gasteiger partial charge in [0.25, 0.3) is 11.5 Å². The molecule has 0 saturated heterocycles. The van der Waals surface area contributed by atoms with Gasteiger partial charge in [-0.05, 0) is 50.7 Å². The molecule has 4 rings (SSSR count). The second-order valence-electron chi connectivity index (χ2n) is 7.93. The molecule has 152 valence electrons. The van der Waals surface area contributed by atoms with Crippen LogP contribution in [0.4, 0.5) is 0 Å². The smallest absolute Gasteiger partial charge is 0.262 e. The zero-order chi connectivity index (χ0) is 20.4. The van der Waals surface area contributed by atoms with E-state index in [2.05, 4.69) is 17.4 Å². The summed E-state index contributed by atoms with van der Waals surface area (Å²) in [6.45, 7) is 4.62. The number of hydrogen-bond acceptors (Lipinski definition) is 4. The van der Waals surface area contributed by atoms with Gasteiger partial charge in [0.15, 0.2) is 0 Å². The summed E-state index contributed by atoms with van der Waals surface area (Å²) >= 11 is 1.35. The topological polar surface area (TPSA) is 64.0 Å². The van der Waals surface area contributed by atoms with E-state index in [-0.39, 0.29) is 17.5 Å². The van der Waals surface area contributed by atoms with Gasteiger partial charge >= 0.3 is 0 Å². The van der Waals surface area contributed by atoms with Crippen LogP contribution in [0.2, 0.25) is 0 Å². The van der Waals surface area contributed by atoms with Crippen molar-refractivity contribution in [1.29, 1.82) is 0 Å². The Morgan fingerprint density at radius 2 is 2.03 bits per heavy atom. The van der Waals surface area contributed by atoms with Crippen molar-refractivity contribution in [3.8, 4) is 0 Å². The highest BCUT2D eigenvalue weighted by molar-refractivity contribution is 7.20. The quantitative estimate of drug-likeness (QED) is 0.685. The fourth-order valence-corrected chi connectivity index (χ4v) is 5.11. The molecule has 0 saturated carbocycles. The maximum atomic E-state index is 13.1. The lowest BCUT2D eigenvalue weighted by atomic mass is 10.1. The van der Waals surface area contributed by atoms with Crippen LogP contribution in [-0.4, -0.2) is 21.5 Å². The van der Waals surface area contributed by atoms with Crippen LogP contribution in [0.25, 0.3) is 10.2 Å². The molecular weight excluding hydrogens is 382 g/mol. The Morgan fingerprint density at radius 1 is 1.24 bits per heavy atom. The highest BCUT2D eigenvalue weighted by atomic mass is 32.1. The fourth-order valence-electron chi connectivity index (χ4n) is 4.02. The van der Waals surface area contributed by atoms with Gasteiger partial charge in [-0.25, -0.2) is 4.98 Å². The number of nitrogens with zero attached hydrogens (tertiary/aromatic N) is 2. The lowest BCUT2D eigenvalue weighted by molar-refractivity contribution is 0.0942. The summed E-state index contributed by atoms with van der Waals surface area (Å²) in [5, 5.41) is 3.72. The van der Waals surface area contributed by atoms with Gasteiger partial charge in [0.05, 0.1) is 10.3 Å². The third-order valence-electron chi connectivity index (χ3n) is 5.70. The lowest BCUT2D eigenvalue weighted by Gasteiger charge is -2.13. The van der Waals surface area contributed by atoms with Crippen LogP contribution in [0.3, 0.4) is 0 Å². The van der Waals surface area contributed by atoms with Gasteiger partial charge in [-0.15, -0.1) is 11.3 Å². The monoisotopic (exact) mass is 409 g/mol. The number of carbonyl (C=O) groups is 1. The molecule has 0 fully saturated rings. The number of fused-ring (bicyclic) bond motifs is 2. The minimum Gasteiger partial charge on any atom is -0.349 e. The Morgan fingerprint density at radius 3 is 2.83 bits per heavy atom. The summed E-state index contributed by atoms with van der Waals surface area (Å²) in [7, 11) is 0. The summed E-state index contributed by atoms with van der Waals surface area (Å²) < 4.78 is 1.82. The van der Waals surface area contributed by atoms with Gasteiger partial charge < -0.3 is 5.32 Å². The number of rotatable bonds is 5. The van der Waals surface area contributed by atoms with E-state index >= 15 is 0 Å². The average molecular weight is 410 g/mol. The molecule has 0 radical (unpaired) electrons. The second-order valence-corrected chi connectivity index (χ2v) is 8.93. The predicted molar refractivity (Wildman–Crippen MR) is 118 cm³/mol. The molecule has 1 aromatic carbocycles. The first-order chi connectivity index (χ1) is 14.0. The molecule has 2 aromatic heterocycles. The molecular formula is C23H27N3O2S. The largest absolute Gasteiger partial charge is 0.349 e. The van der Waals surface area contributed by atoms with Crippen LogP contribution in [-0.2, 0) is 19.4 Å². The summed E-state index contributed by atoms with van der Waals surface area (Å²) in [4.78, 5) is 32.0. The van der Waals surface area contributed by atoms with Crippen molar-refractivity contribution in [2.45, 2.75) is 65.0 Å². The van der Waals surface area contributed by atoms with E-state index in [4.69, 9.17) is 4.98 Å². The Hall–Kier alpha value is -2.47. The molecule has 3 aromatic rings. The highest BCUT2D eigenvalue weighted by Gasteiger charge is 2.22. The standard InChI is InChI=1S/C23H27N3O2S/c1-15(12-13-17-9-5-3-6-10-17)24-21(27)20-16(2)19-22(29-20)25-18-11-7-4-8-14-26(18)23(19)28/h3,5-6,9-10,15H,4,7-8,11-14H2,1-2H3,(H,24,27)/t15-/m0/s1. The number of amides is 1. The Balaban J connectivity index is 1.54. The number of benzene rings is 1. The van der Waals surface area contributed by atoms with Crippen LogP contribution in [0.15, 0.2) is 35.1 Å². The SMILES string of the molecule is Cc1c(C(=O)N[C@@H](C)CCc2ccccc2)sc2nc3n(c(=O)c12)CCCCC3. The van der Waals surface area contributed by atoms with Crippen LogP contribution in [0.5, 0.6) is 0 Å². The van der Waals surface area contributed by atoms with E-state index in [1.807, 2.05) is 36.6 Å². The van der Waals surface area contributed by atoms with Gasteiger partial charge in [-0.3, -0.25) is 14.2 Å². The minimum atomic E-state index is -0.106. The Kier molecular flexibility index (Phi) is 5.81. The van der Waals surface area contributed by atoms with Gasteiger partial charge in [-0.2, -0.15) is 0 Å². The van der Waals surface area contributed by atoms with Crippen molar-refractivity contribution in [2.24, 2.45) is 0 Å². The molecule has 1 atom stereocenters. The van der Waals surface area contributed by atoms with Crippen molar-refractivity contribution in [3.05, 3.63) is 62.5 Å². The maximum Gasteiger partial charge on any atom is 0.262 e. The van der Waals surface area contributed by atoms with Gasteiger partial charge in [-0.1, -0.05) is 36.8 Å². The summed E-state index contributed by atoms with van der Waals surface area (Å²) in [6.07, 6.45) is 5.83. The summed E-state index contributed by atoms with van der Waals surface area (Å²) in [6, 6.07) is 10.3. The molecule has 6 heteroatoms. The Labute approximate surface area is 174 Å². The van der Waals surface area contributed by atoms with Crippen molar-refractivity contribution in [3.63, 3.8) is 0 Å².